The second kappa shape index (κ2) is 5.96. The highest BCUT2D eigenvalue weighted by atomic mass is 32.1. The first kappa shape index (κ1) is 13.6. The fourth-order valence-electron chi connectivity index (χ4n) is 2.24. The third kappa shape index (κ3) is 3.05. The molecule has 0 atom stereocenters. The van der Waals surface area contributed by atoms with Crippen LogP contribution in [0.2, 0.25) is 0 Å². The van der Waals surface area contributed by atoms with Crippen LogP contribution in [0.1, 0.15) is 12.8 Å². The zero-order valence-corrected chi connectivity index (χ0v) is 12.0. The molecule has 7 nitrogen and oxygen atoms in total. The topological polar surface area (TPSA) is 84.0 Å². The highest BCUT2D eigenvalue weighted by Gasteiger charge is 2.17. The zero-order valence-electron chi connectivity index (χ0n) is 11.2. The van der Waals surface area contributed by atoms with Gasteiger partial charge in [-0.25, -0.2) is 4.98 Å². The Morgan fingerprint density at radius 1 is 1.19 bits per heavy atom. The van der Waals surface area contributed by atoms with Gasteiger partial charge in [0, 0.05) is 18.8 Å². The molecule has 0 saturated carbocycles. The molecule has 2 aromatic rings. The number of nitrogens with zero attached hydrogens (tertiary/aromatic N) is 5. The number of aromatic nitrogens is 1. The van der Waals surface area contributed by atoms with Gasteiger partial charge in [-0.15, -0.1) is 10.2 Å². The van der Waals surface area contributed by atoms with E-state index in [1.54, 1.807) is 0 Å². The van der Waals surface area contributed by atoms with Crippen LogP contribution in [0.4, 0.5) is 22.2 Å². The summed E-state index contributed by atoms with van der Waals surface area (Å²) in [6.45, 7) is 2.18. The minimum Gasteiger partial charge on any atom is -0.372 e. The third-order valence-corrected chi connectivity index (χ3v) is 4.04. The van der Waals surface area contributed by atoms with E-state index >= 15 is 0 Å². The Morgan fingerprint density at radius 3 is 2.57 bits per heavy atom. The zero-order chi connectivity index (χ0) is 14.7. The minimum atomic E-state index is -0.498. The number of azo groups is 1. The van der Waals surface area contributed by atoms with Crippen LogP contribution in [0.5, 0.6) is 0 Å². The molecule has 0 amide bonds. The molecule has 1 aliphatic rings. The standard InChI is InChI=1S/C13H13N5O2S/c19-18(20)13-12(14-9-21-13)16-15-10-3-5-11(6-4-10)17-7-1-2-8-17/h3-6,9H,1-2,7-8H2. The molecule has 108 valence electrons. The number of hydrogen-bond acceptors (Lipinski definition) is 7. The van der Waals surface area contributed by atoms with Crippen molar-refractivity contribution in [2.24, 2.45) is 10.2 Å². The lowest BCUT2D eigenvalue weighted by Gasteiger charge is -2.17. The summed E-state index contributed by atoms with van der Waals surface area (Å²) >= 11 is 0.941. The van der Waals surface area contributed by atoms with Crippen LogP contribution in [0.3, 0.4) is 0 Å². The Bertz CT molecular complexity index is 661. The lowest BCUT2D eigenvalue weighted by atomic mass is 10.2. The maximum Gasteiger partial charge on any atom is 0.371 e. The van der Waals surface area contributed by atoms with Crippen molar-refractivity contribution in [2.75, 3.05) is 18.0 Å². The minimum absolute atomic E-state index is 0.0496. The van der Waals surface area contributed by atoms with E-state index in [4.69, 9.17) is 0 Å². The van der Waals surface area contributed by atoms with E-state index in [1.165, 1.54) is 24.0 Å². The number of rotatable bonds is 4. The van der Waals surface area contributed by atoms with Crippen molar-refractivity contribution in [3.63, 3.8) is 0 Å². The van der Waals surface area contributed by atoms with Crippen molar-refractivity contribution in [1.29, 1.82) is 0 Å². The van der Waals surface area contributed by atoms with Gasteiger partial charge in [0.05, 0.1) is 16.1 Å². The molecule has 1 aliphatic heterocycles. The maximum absolute atomic E-state index is 10.8. The molecule has 1 fully saturated rings. The molecule has 1 aromatic carbocycles. The SMILES string of the molecule is O=[N+]([O-])c1scnc1N=Nc1ccc(N2CCCC2)cc1. The number of thiazole rings is 1. The lowest BCUT2D eigenvalue weighted by Crippen LogP contribution is -2.17. The molecule has 0 radical (unpaired) electrons. The van der Waals surface area contributed by atoms with E-state index in [0.717, 1.165) is 24.4 Å². The summed E-state index contributed by atoms with van der Waals surface area (Å²) in [6, 6.07) is 7.70. The summed E-state index contributed by atoms with van der Waals surface area (Å²) in [4.78, 5) is 16.4. The molecular weight excluding hydrogens is 290 g/mol. The molecule has 0 bridgehead atoms. The fraction of sp³-hybridized carbons (Fsp3) is 0.308. The van der Waals surface area contributed by atoms with Crippen LogP contribution < -0.4 is 4.90 Å². The molecule has 8 heteroatoms. The molecule has 0 unspecified atom stereocenters. The molecule has 0 aliphatic carbocycles. The quantitative estimate of drug-likeness (QED) is 0.484. The molecule has 2 heterocycles. The van der Waals surface area contributed by atoms with Gasteiger partial charge < -0.3 is 4.90 Å². The summed E-state index contributed by atoms with van der Waals surface area (Å²) in [5, 5.41) is 18.5. The Labute approximate surface area is 125 Å². The highest BCUT2D eigenvalue weighted by Crippen LogP contribution is 2.31. The van der Waals surface area contributed by atoms with E-state index in [0.29, 0.717) is 5.69 Å². The van der Waals surface area contributed by atoms with Crippen molar-refractivity contribution in [3.8, 4) is 0 Å². The van der Waals surface area contributed by atoms with E-state index in [2.05, 4.69) is 20.1 Å². The molecule has 1 aromatic heterocycles. The molecular formula is C13H13N5O2S. The van der Waals surface area contributed by atoms with Gasteiger partial charge in [0.15, 0.2) is 0 Å². The van der Waals surface area contributed by atoms with Crippen LogP contribution in [0.25, 0.3) is 0 Å². The van der Waals surface area contributed by atoms with E-state index in [9.17, 15) is 10.1 Å². The number of hydrogen-bond donors (Lipinski definition) is 0. The number of benzene rings is 1. The second-order valence-corrected chi connectivity index (χ2v) is 5.48. The van der Waals surface area contributed by atoms with E-state index < -0.39 is 4.92 Å². The third-order valence-electron chi connectivity index (χ3n) is 3.28. The average molecular weight is 303 g/mol. The predicted molar refractivity (Wildman–Crippen MR) is 80.8 cm³/mol. The first-order valence-electron chi connectivity index (χ1n) is 6.59. The Morgan fingerprint density at radius 2 is 1.90 bits per heavy atom. The Balaban J connectivity index is 1.74. The Hall–Kier alpha value is -2.35. The molecule has 0 N–H and O–H groups in total. The van der Waals surface area contributed by atoms with Crippen molar-refractivity contribution >= 4 is 33.5 Å². The number of anilines is 1. The van der Waals surface area contributed by atoms with Crippen molar-refractivity contribution in [1.82, 2.24) is 4.98 Å². The van der Waals surface area contributed by atoms with Gasteiger partial charge in [-0.05, 0) is 48.4 Å². The van der Waals surface area contributed by atoms with Crippen molar-refractivity contribution in [2.45, 2.75) is 12.8 Å². The van der Waals surface area contributed by atoms with Crippen LogP contribution >= 0.6 is 11.3 Å². The monoisotopic (exact) mass is 303 g/mol. The van der Waals surface area contributed by atoms with Crippen LogP contribution in [0, 0.1) is 10.1 Å². The van der Waals surface area contributed by atoms with Crippen LogP contribution in [0.15, 0.2) is 40.0 Å². The van der Waals surface area contributed by atoms with Crippen LogP contribution in [-0.4, -0.2) is 23.0 Å². The normalized spacial score (nSPS) is 15.0. The summed E-state index contributed by atoms with van der Waals surface area (Å²) in [5.41, 5.74) is 3.22. The summed E-state index contributed by atoms with van der Waals surface area (Å²) < 4.78 is 0. The van der Waals surface area contributed by atoms with Gasteiger partial charge in [-0.3, -0.25) is 10.1 Å². The largest absolute Gasteiger partial charge is 0.372 e. The summed E-state index contributed by atoms with van der Waals surface area (Å²) in [6.07, 6.45) is 2.46. The Kier molecular flexibility index (Phi) is 3.87. The van der Waals surface area contributed by atoms with Gasteiger partial charge in [-0.1, -0.05) is 0 Å². The second-order valence-electron chi connectivity index (χ2n) is 4.65. The number of nitro groups is 1. The van der Waals surface area contributed by atoms with Gasteiger partial charge in [0.25, 0.3) is 5.82 Å². The summed E-state index contributed by atoms with van der Waals surface area (Å²) in [7, 11) is 0. The van der Waals surface area contributed by atoms with Gasteiger partial charge >= 0.3 is 5.00 Å². The molecule has 1 saturated heterocycles. The first-order chi connectivity index (χ1) is 10.2. The van der Waals surface area contributed by atoms with E-state index in [1.807, 2.05) is 24.3 Å². The van der Waals surface area contributed by atoms with Gasteiger partial charge in [0.1, 0.15) is 0 Å². The fourth-order valence-corrected chi connectivity index (χ4v) is 2.78. The van der Waals surface area contributed by atoms with Gasteiger partial charge in [-0.2, -0.15) is 0 Å². The lowest BCUT2D eigenvalue weighted by molar-refractivity contribution is -0.379. The molecule has 21 heavy (non-hydrogen) atoms. The van der Waals surface area contributed by atoms with E-state index in [-0.39, 0.29) is 10.8 Å². The average Bonchev–Trinajstić information content (AvgIpc) is 3.17. The first-order valence-corrected chi connectivity index (χ1v) is 7.46. The van der Waals surface area contributed by atoms with Crippen LogP contribution in [-0.2, 0) is 0 Å². The predicted octanol–water partition coefficient (Wildman–Crippen LogP) is 4.07. The summed E-state index contributed by atoms with van der Waals surface area (Å²) in [5.74, 6) is 0.0496. The highest BCUT2D eigenvalue weighted by molar-refractivity contribution is 7.13. The molecule has 0 spiro atoms. The smallest absolute Gasteiger partial charge is 0.371 e. The van der Waals surface area contributed by atoms with Gasteiger partial charge in [0.2, 0.25) is 0 Å². The van der Waals surface area contributed by atoms with Crippen molar-refractivity contribution in [3.05, 3.63) is 39.9 Å². The van der Waals surface area contributed by atoms with Crippen molar-refractivity contribution < 1.29 is 4.92 Å². The molecule has 3 rings (SSSR count). The maximum atomic E-state index is 10.8.